The lowest BCUT2D eigenvalue weighted by Crippen LogP contribution is -2.05. The minimum absolute atomic E-state index is 0.108. The van der Waals surface area contributed by atoms with Gasteiger partial charge in [-0.15, -0.1) is 0 Å². The van der Waals surface area contributed by atoms with E-state index in [-0.39, 0.29) is 17.2 Å². The first-order valence-corrected chi connectivity index (χ1v) is 5.74. The Bertz CT molecular complexity index is 664. The summed E-state index contributed by atoms with van der Waals surface area (Å²) in [5.74, 6) is -2.17. The van der Waals surface area contributed by atoms with Crippen molar-refractivity contribution in [1.82, 2.24) is 9.97 Å². The van der Waals surface area contributed by atoms with Crippen LogP contribution in [-0.2, 0) is 0 Å². The van der Waals surface area contributed by atoms with E-state index in [9.17, 15) is 18.9 Å². The van der Waals surface area contributed by atoms with Crippen molar-refractivity contribution in [2.75, 3.05) is 11.9 Å². The van der Waals surface area contributed by atoms with E-state index in [1.54, 1.807) is 6.92 Å². The van der Waals surface area contributed by atoms with Gasteiger partial charge in [0, 0.05) is 12.1 Å². The first kappa shape index (κ1) is 13.8. The van der Waals surface area contributed by atoms with Crippen molar-refractivity contribution in [2.24, 2.45) is 0 Å². The first-order chi connectivity index (χ1) is 9.54. The van der Waals surface area contributed by atoms with E-state index in [1.807, 2.05) is 0 Å². The van der Waals surface area contributed by atoms with Crippen LogP contribution in [0.15, 0.2) is 24.4 Å². The van der Waals surface area contributed by atoms with Crippen LogP contribution < -0.4 is 5.32 Å². The minimum atomic E-state index is -1.18. The molecule has 1 N–H and O–H groups in total. The van der Waals surface area contributed by atoms with Crippen molar-refractivity contribution in [3.8, 4) is 11.3 Å². The van der Waals surface area contributed by atoms with Crippen LogP contribution in [-0.4, -0.2) is 21.4 Å². The zero-order valence-corrected chi connectivity index (χ0v) is 10.4. The number of hydrogen-bond acceptors (Lipinski definition) is 5. The minimum Gasteiger partial charge on any atom is -0.354 e. The quantitative estimate of drug-likeness (QED) is 0.688. The third-order valence-corrected chi connectivity index (χ3v) is 2.51. The third-order valence-electron chi connectivity index (χ3n) is 2.51. The van der Waals surface area contributed by atoms with Gasteiger partial charge >= 0.3 is 5.69 Å². The van der Waals surface area contributed by atoms with Crippen molar-refractivity contribution in [3.05, 3.63) is 46.1 Å². The molecule has 20 heavy (non-hydrogen) atoms. The summed E-state index contributed by atoms with van der Waals surface area (Å²) in [5, 5.41) is 13.7. The lowest BCUT2D eigenvalue weighted by molar-refractivity contribution is -0.384. The van der Waals surface area contributed by atoms with E-state index < -0.39 is 22.2 Å². The van der Waals surface area contributed by atoms with Crippen molar-refractivity contribution in [1.29, 1.82) is 0 Å². The van der Waals surface area contributed by atoms with E-state index in [0.29, 0.717) is 6.54 Å². The van der Waals surface area contributed by atoms with Crippen LogP contribution in [0.3, 0.4) is 0 Å². The van der Waals surface area contributed by atoms with Gasteiger partial charge in [-0.3, -0.25) is 10.1 Å². The molecule has 2 aromatic rings. The average Bonchev–Trinajstić information content (AvgIpc) is 2.42. The summed E-state index contributed by atoms with van der Waals surface area (Å²) in [4.78, 5) is 17.8. The molecule has 0 amide bonds. The van der Waals surface area contributed by atoms with E-state index in [2.05, 4.69) is 15.3 Å². The summed E-state index contributed by atoms with van der Waals surface area (Å²) < 4.78 is 27.0. The van der Waals surface area contributed by atoms with Crippen LogP contribution in [0.25, 0.3) is 11.3 Å². The molecule has 2 rings (SSSR count). The molecule has 0 aliphatic rings. The summed E-state index contributed by atoms with van der Waals surface area (Å²) in [6.07, 6.45) is 0.963. The number of rotatable bonds is 4. The van der Waals surface area contributed by atoms with Gasteiger partial charge in [-0.2, -0.15) is 0 Å². The van der Waals surface area contributed by atoms with Crippen LogP contribution >= 0.6 is 0 Å². The second-order valence-electron chi connectivity index (χ2n) is 3.82. The normalized spacial score (nSPS) is 10.3. The molecule has 6 nitrogen and oxygen atoms in total. The Morgan fingerprint density at radius 1 is 1.40 bits per heavy atom. The van der Waals surface area contributed by atoms with Gasteiger partial charge in [-0.05, 0) is 19.1 Å². The fraction of sp³-hybridized carbons (Fsp3) is 0.167. The van der Waals surface area contributed by atoms with Gasteiger partial charge in [0.05, 0.1) is 4.92 Å². The summed E-state index contributed by atoms with van der Waals surface area (Å²) in [5.41, 5.74) is -1.03. The molecular weight excluding hydrogens is 270 g/mol. The van der Waals surface area contributed by atoms with E-state index in [0.717, 1.165) is 12.3 Å². The van der Waals surface area contributed by atoms with Crippen molar-refractivity contribution < 1.29 is 13.7 Å². The number of aromatic nitrogens is 2. The van der Waals surface area contributed by atoms with Crippen molar-refractivity contribution >= 4 is 11.6 Å². The van der Waals surface area contributed by atoms with Crippen molar-refractivity contribution in [2.45, 2.75) is 6.92 Å². The lowest BCUT2D eigenvalue weighted by atomic mass is 10.1. The molecule has 0 saturated carbocycles. The number of anilines is 1. The maximum Gasteiger partial charge on any atom is 0.313 e. The molecule has 104 valence electrons. The zero-order chi connectivity index (χ0) is 14.7. The van der Waals surface area contributed by atoms with E-state index in [1.165, 1.54) is 12.1 Å². The molecule has 1 heterocycles. The highest BCUT2D eigenvalue weighted by atomic mass is 19.2. The molecule has 0 saturated heterocycles. The molecule has 0 radical (unpaired) electrons. The maximum atomic E-state index is 13.8. The summed E-state index contributed by atoms with van der Waals surface area (Å²) >= 11 is 0. The fourth-order valence-corrected chi connectivity index (χ4v) is 1.64. The molecule has 0 aliphatic heterocycles. The van der Waals surface area contributed by atoms with Crippen LogP contribution in [0.1, 0.15) is 6.92 Å². The Morgan fingerprint density at radius 3 is 2.80 bits per heavy atom. The molecule has 0 bridgehead atoms. The second kappa shape index (κ2) is 5.55. The summed E-state index contributed by atoms with van der Waals surface area (Å²) in [6, 6.07) is 3.41. The molecule has 0 aliphatic carbocycles. The van der Waals surface area contributed by atoms with E-state index >= 15 is 0 Å². The monoisotopic (exact) mass is 280 g/mol. The highest BCUT2D eigenvalue weighted by molar-refractivity contribution is 5.70. The predicted molar refractivity (Wildman–Crippen MR) is 68.2 cm³/mol. The van der Waals surface area contributed by atoms with Gasteiger partial charge in [-0.25, -0.2) is 18.7 Å². The number of nitrogens with one attached hydrogen (secondary N) is 1. The Kier molecular flexibility index (Phi) is 3.83. The Balaban J connectivity index is 2.66. The van der Waals surface area contributed by atoms with Crippen LogP contribution in [0, 0.1) is 21.7 Å². The molecule has 8 heteroatoms. The zero-order valence-electron chi connectivity index (χ0n) is 10.4. The SMILES string of the molecule is CCNc1ncc([N+](=O)[O-])c(-c2cccc(F)c2F)n1. The second-order valence-corrected chi connectivity index (χ2v) is 3.82. The molecule has 0 unspecified atom stereocenters. The largest absolute Gasteiger partial charge is 0.354 e. The standard InChI is InChI=1S/C12H10F2N4O2/c1-2-15-12-16-6-9(18(19)20)11(17-12)7-4-3-5-8(13)10(7)14/h3-6H,2H2,1H3,(H,15,16,17). The fourth-order valence-electron chi connectivity index (χ4n) is 1.64. The Hall–Kier alpha value is -2.64. The smallest absolute Gasteiger partial charge is 0.313 e. The average molecular weight is 280 g/mol. The molecule has 0 atom stereocenters. The van der Waals surface area contributed by atoms with Gasteiger partial charge in [0.15, 0.2) is 17.3 Å². The molecule has 0 fully saturated rings. The number of nitro groups is 1. The first-order valence-electron chi connectivity index (χ1n) is 5.74. The van der Waals surface area contributed by atoms with Gasteiger partial charge in [0.2, 0.25) is 5.95 Å². The van der Waals surface area contributed by atoms with Gasteiger partial charge in [-0.1, -0.05) is 6.07 Å². The van der Waals surface area contributed by atoms with Crippen LogP contribution in [0.2, 0.25) is 0 Å². The molecular formula is C12H10F2N4O2. The molecule has 1 aromatic carbocycles. The molecule has 0 spiro atoms. The van der Waals surface area contributed by atoms with Crippen LogP contribution in [0.4, 0.5) is 20.4 Å². The third kappa shape index (κ3) is 2.53. The number of hydrogen-bond donors (Lipinski definition) is 1. The highest BCUT2D eigenvalue weighted by Gasteiger charge is 2.22. The summed E-state index contributed by atoms with van der Waals surface area (Å²) in [7, 11) is 0. The lowest BCUT2D eigenvalue weighted by Gasteiger charge is -2.07. The van der Waals surface area contributed by atoms with Crippen LogP contribution in [0.5, 0.6) is 0 Å². The van der Waals surface area contributed by atoms with Crippen molar-refractivity contribution in [3.63, 3.8) is 0 Å². The molecule has 1 aromatic heterocycles. The summed E-state index contributed by atoms with van der Waals surface area (Å²) in [6.45, 7) is 2.27. The van der Waals surface area contributed by atoms with Gasteiger partial charge in [0.25, 0.3) is 0 Å². The topological polar surface area (TPSA) is 81.0 Å². The van der Waals surface area contributed by atoms with Gasteiger partial charge in [0.1, 0.15) is 6.20 Å². The maximum absolute atomic E-state index is 13.8. The van der Waals surface area contributed by atoms with Gasteiger partial charge < -0.3 is 5.32 Å². The number of halogens is 2. The van der Waals surface area contributed by atoms with E-state index in [4.69, 9.17) is 0 Å². The Labute approximate surface area is 112 Å². The Morgan fingerprint density at radius 2 is 2.15 bits per heavy atom. The number of nitrogens with zero attached hydrogens (tertiary/aromatic N) is 3. The highest BCUT2D eigenvalue weighted by Crippen LogP contribution is 2.30. The number of benzene rings is 1. The predicted octanol–water partition coefficient (Wildman–Crippen LogP) is 2.76.